The Morgan fingerprint density at radius 2 is 1.95 bits per heavy atom. The third-order valence-electron chi connectivity index (χ3n) is 5.08. The van der Waals surface area contributed by atoms with Gasteiger partial charge in [0.05, 0.1) is 0 Å². The second-order valence-electron chi connectivity index (χ2n) is 6.62. The molecule has 2 nitrogen and oxygen atoms in total. The van der Waals surface area contributed by atoms with Crippen LogP contribution in [0.5, 0.6) is 0 Å². The van der Waals surface area contributed by atoms with Gasteiger partial charge in [0.15, 0.2) is 0 Å². The minimum Gasteiger partial charge on any atom is -0.314 e. The van der Waals surface area contributed by atoms with Crippen LogP contribution in [-0.2, 0) is 10.8 Å². The van der Waals surface area contributed by atoms with E-state index >= 15 is 0 Å². The Morgan fingerprint density at radius 1 is 1.16 bits per heavy atom. The lowest BCUT2D eigenvalue weighted by atomic mass is 9.91. The molecule has 0 aliphatic heterocycles. The third-order valence-corrected chi connectivity index (χ3v) is 6.89. The van der Waals surface area contributed by atoms with Crippen molar-refractivity contribution >= 4 is 10.8 Å². The molecule has 3 heteroatoms. The maximum atomic E-state index is 12.5. The topological polar surface area (TPSA) is 29.1 Å². The van der Waals surface area contributed by atoms with Gasteiger partial charge in [-0.2, -0.15) is 0 Å². The first-order valence-electron chi connectivity index (χ1n) is 8.31. The van der Waals surface area contributed by atoms with Gasteiger partial charge >= 0.3 is 0 Å². The van der Waals surface area contributed by atoms with Crippen LogP contribution in [0.1, 0.15) is 65.2 Å². The molecule has 2 fully saturated rings. The van der Waals surface area contributed by atoms with Crippen molar-refractivity contribution in [3.63, 3.8) is 0 Å². The SMILES string of the molecule is CCNC1CCCC1CCS(=O)C1CCCC(C)C1. The Labute approximate surface area is 121 Å². The van der Waals surface area contributed by atoms with Crippen LogP contribution in [-0.4, -0.2) is 27.8 Å². The molecule has 19 heavy (non-hydrogen) atoms. The summed E-state index contributed by atoms with van der Waals surface area (Å²) in [6, 6.07) is 0.701. The number of nitrogens with one attached hydrogen (secondary N) is 1. The number of hydrogen-bond acceptors (Lipinski definition) is 2. The van der Waals surface area contributed by atoms with Crippen molar-refractivity contribution in [1.29, 1.82) is 0 Å². The number of rotatable bonds is 6. The van der Waals surface area contributed by atoms with Crippen LogP contribution in [0.25, 0.3) is 0 Å². The lowest BCUT2D eigenvalue weighted by Gasteiger charge is -2.27. The quantitative estimate of drug-likeness (QED) is 0.809. The van der Waals surface area contributed by atoms with E-state index in [1.807, 2.05) is 0 Å². The van der Waals surface area contributed by atoms with Gasteiger partial charge in [-0.15, -0.1) is 0 Å². The minimum absolute atomic E-state index is 0.503. The zero-order valence-corrected chi connectivity index (χ0v) is 13.5. The summed E-state index contributed by atoms with van der Waals surface area (Å²) in [6.45, 7) is 5.59. The van der Waals surface area contributed by atoms with Crippen LogP contribution in [0.2, 0.25) is 0 Å². The van der Waals surface area contributed by atoms with Crippen molar-refractivity contribution in [3.05, 3.63) is 0 Å². The van der Waals surface area contributed by atoms with E-state index in [1.54, 1.807) is 0 Å². The smallest absolute Gasteiger partial charge is 0.0350 e. The summed E-state index contributed by atoms with van der Waals surface area (Å²) in [7, 11) is -0.570. The van der Waals surface area contributed by atoms with Gasteiger partial charge < -0.3 is 5.32 Å². The monoisotopic (exact) mass is 285 g/mol. The molecular formula is C16H31NOS. The Bertz CT molecular complexity index is 294. The number of hydrogen-bond donors (Lipinski definition) is 1. The van der Waals surface area contributed by atoms with Gasteiger partial charge in [-0.3, -0.25) is 4.21 Å². The summed E-state index contributed by atoms with van der Waals surface area (Å²) in [5.41, 5.74) is 0. The highest BCUT2D eigenvalue weighted by Crippen LogP contribution is 2.31. The lowest BCUT2D eigenvalue weighted by molar-refractivity contribution is 0.384. The van der Waals surface area contributed by atoms with E-state index in [0.29, 0.717) is 11.3 Å². The molecule has 2 rings (SSSR count). The standard InChI is InChI=1S/C16H31NOS/c1-3-17-16-9-5-7-14(16)10-11-19(18)15-8-4-6-13(2)12-15/h13-17H,3-12H2,1-2H3. The van der Waals surface area contributed by atoms with Crippen molar-refractivity contribution in [2.45, 2.75) is 76.5 Å². The first kappa shape index (κ1) is 15.5. The van der Waals surface area contributed by atoms with Gasteiger partial charge in [0.2, 0.25) is 0 Å². The normalized spacial score (nSPS) is 37.4. The Balaban J connectivity index is 1.73. The van der Waals surface area contributed by atoms with E-state index in [9.17, 15) is 4.21 Å². The van der Waals surface area contributed by atoms with E-state index < -0.39 is 10.8 Å². The van der Waals surface area contributed by atoms with Gasteiger partial charge in [0, 0.05) is 27.8 Å². The van der Waals surface area contributed by atoms with Crippen molar-refractivity contribution in [2.75, 3.05) is 12.3 Å². The summed E-state index contributed by atoms with van der Waals surface area (Å²) < 4.78 is 12.5. The van der Waals surface area contributed by atoms with E-state index in [0.717, 1.165) is 24.1 Å². The molecule has 0 heterocycles. The summed E-state index contributed by atoms with van der Waals surface area (Å²) in [5.74, 6) is 2.53. The third kappa shape index (κ3) is 4.56. The molecule has 0 spiro atoms. The summed E-state index contributed by atoms with van der Waals surface area (Å²) in [5, 5.41) is 4.11. The summed E-state index contributed by atoms with van der Waals surface area (Å²) in [6.07, 6.45) is 10.2. The van der Waals surface area contributed by atoms with Crippen molar-refractivity contribution in [1.82, 2.24) is 5.32 Å². The Kier molecular flexibility index (Phi) is 6.34. The largest absolute Gasteiger partial charge is 0.314 e. The molecule has 2 aliphatic carbocycles. The summed E-state index contributed by atoms with van der Waals surface area (Å²) in [4.78, 5) is 0. The van der Waals surface area contributed by atoms with Crippen molar-refractivity contribution < 1.29 is 4.21 Å². The highest BCUT2D eigenvalue weighted by atomic mass is 32.2. The lowest BCUT2D eigenvalue weighted by Crippen LogP contribution is -2.33. The van der Waals surface area contributed by atoms with Gasteiger partial charge in [-0.25, -0.2) is 0 Å². The average molecular weight is 285 g/mol. The van der Waals surface area contributed by atoms with E-state index in [4.69, 9.17) is 0 Å². The molecule has 112 valence electrons. The fraction of sp³-hybridized carbons (Fsp3) is 1.00. The van der Waals surface area contributed by atoms with Gasteiger partial charge in [0.25, 0.3) is 0 Å². The summed E-state index contributed by atoms with van der Waals surface area (Å²) >= 11 is 0. The zero-order valence-electron chi connectivity index (χ0n) is 12.7. The molecule has 0 aromatic carbocycles. The molecule has 0 amide bonds. The van der Waals surface area contributed by atoms with E-state index in [-0.39, 0.29) is 0 Å². The van der Waals surface area contributed by atoms with E-state index in [2.05, 4.69) is 19.2 Å². The van der Waals surface area contributed by atoms with Gasteiger partial charge in [0.1, 0.15) is 0 Å². The fourth-order valence-corrected chi connectivity index (χ4v) is 5.81. The Morgan fingerprint density at radius 3 is 2.68 bits per heavy atom. The maximum absolute atomic E-state index is 12.5. The first-order valence-corrected chi connectivity index (χ1v) is 9.69. The van der Waals surface area contributed by atoms with Crippen molar-refractivity contribution in [2.24, 2.45) is 11.8 Å². The van der Waals surface area contributed by atoms with Crippen LogP contribution in [0.15, 0.2) is 0 Å². The first-order chi connectivity index (χ1) is 9.20. The van der Waals surface area contributed by atoms with Crippen LogP contribution in [0.4, 0.5) is 0 Å². The molecule has 0 bridgehead atoms. The molecule has 2 saturated carbocycles. The molecule has 5 unspecified atom stereocenters. The minimum atomic E-state index is -0.570. The van der Waals surface area contributed by atoms with Crippen molar-refractivity contribution in [3.8, 4) is 0 Å². The zero-order chi connectivity index (χ0) is 13.7. The molecule has 0 saturated heterocycles. The second-order valence-corrected chi connectivity index (χ2v) is 8.46. The predicted molar refractivity (Wildman–Crippen MR) is 83.9 cm³/mol. The molecule has 0 radical (unpaired) electrons. The molecule has 1 N–H and O–H groups in total. The maximum Gasteiger partial charge on any atom is 0.0350 e. The highest BCUT2D eigenvalue weighted by Gasteiger charge is 2.28. The van der Waals surface area contributed by atoms with E-state index in [1.165, 1.54) is 51.4 Å². The molecule has 2 aliphatic rings. The highest BCUT2D eigenvalue weighted by molar-refractivity contribution is 7.85. The molecule has 0 aromatic rings. The van der Waals surface area contributed by atoms with Crippen LogP contribution < -0.4 is 5.32 Å². The molecular weight excluding hydrogens is 254 g/mol. The van der Waals surface area contributed by atoms with Crippen LogP contribution in [0, 0.1) is 11.8 Å². The second kappa shape index (κ2) is 7.78. The predicted octanol–water partition coefficient (Wildman–Crippen LogP) is 3.48. The average Bonchev–Trinajstić information content (AvgIpc) is 2.84. The van der Waals surface area contributed by atoms with Gasteiger partial charge in [-0.1, -0.05) is 33.1 Å². The molecule has 0 aromatic heterocycles. The van der Waals surface area contributed by atoms with Crippen LogP contribution >= 0.6 is 0 Å². The van der Waals surface area contributed by atoms with Crippen LogP contribution in [0.3, 0.4) is 0 Å². The fourth-order valence-electron chi connectivity index (χ4n) is 3.96. The Hall–Kier alpha value is 0.110. The van der Waals surface area contributed by atoms with Gasteiger partial charge in [-0.05, 0) is 50.5 Å². The molecule has 5 atom stereocenters.